The lowest BCUT2D eigenvalue weighted by Crippen LogP contribution is -2.50. The van der Waals surface area contributed by atoms with Crippen LogP contribution in [-0.2, 0) is 19.1 Å². The maximum atomic E-state index is 13.1. The highest BCUT2D eigenvalue weighted by molar-refractivity contribution is 5.82. The molecule has 0 radical (unpaired) electrons. The number of likely N-dealkylation sites (tertiary alicyclic amines) is 2. The molecule has 0 bridgehead atoms. The molecule has 194 valence electrons. The van der Waals surface area contributed by atoms with Gasteiger partial charge in [0, 0.05) is 45.2 Å². The van der Waals surface area contributed by atoms with Gasteiger partial charge in [-0.15, -0.1) is 0 Å². The molecule has 2 heterocycles. The molecule has 10 nitrogen and oxygen atoms in total. The topological polar surface area (TPSA) is 117 Å². The van der Waals surface area contributed by atoms with Crippen LogP contribution in [0.25, 0.3) is 0 Å². The lowest BCUT2D eigenvalue weighted by Gasteiger charge is -2.37. The van der Waals surface area contributed by atoms with Crippen LogP contribution in [0.4, 0.5) is 9.59 Å². The van der Waals surface area contributed by atoms with Crippen LogP contribution in [0.15, 0.2) is 0 Å². The summed E-state index contributed by atoms with van der Waals surface area (Å²) in [6, 6.07) is 0. The summed E-state index contributed by atoms with van der Waals surface area (Å²) in [5.41, 5.74) is -1.11. The van der Waals surface area contributed by atoms with E-state index >= 15 is 0 Å². The lowest BCUT2D eigenvalue weighted by atomic mass is 9.92. The fourth-order valence-electron chi connectivity index (χ4n) is 4.09. The number of nitrogens with one attached hydrogen (secondary N) is 2. The summed E-state index contributed by atoms with van der Waals surface area (Å²) in [4.78, 5) is 53.0. The summed E-state index contributed by atoms with van der Waals surface area (Å²) in [6.07, 6.45) is 1.84. The van der Waals surface area contributed by atoms with Crippen LogP contribution in [0.2, 0.25) is 0 Å². The summed E-state index contributed by atoms with van der Waals surface area (Å²) in [6.45, 7) is 13.5. The number of piperidine rings is 2. The molecule has 4 amide bonds. The molecule has 2 rings (SSSR count). The zero-order valence-corrected chi connectivity index (χ0v) is 21.6. The van der Waals surface area contributed by atoms with Crippen molar-refractivity contribution in [2.24, 2.45) is 11.8 Å². The molecule has 2 aliphatic heterocycles. The van der Waals surface area contributed by atoms with E-state index in [1.807, 2.05) is 20.8 Å². The third-order valence-corrected chi connectivity index (χ3v) is 5.69. The van der Waals surface area contributed by atoms with Gasteiger partial charge in [-0.1, -0.05) is 0 Å². The van der Waals surface area contributed by atoms with Crippen LogP contribution in [0.5, 0.6) is 0 Å². The van der Waals surface area contributed by atoms with E-state index in [4.69, 9.17) is 9.47 Å². The second-order valence-corrected chi connectivity index (χ2v) is 11.1. The predicted molar refractivity (Wildman–Crippen MR) is 127 cm³/mol. The smallest absolute Gasteiger partial charge is 0.410 e. The summed E-state index contributed by atoms with van der Waals surface area (Å²) in [5, 5.41) is 5.46. The first-order valence-electron chi connectivity index (χ1n) is 12.3. The number of rotatable bonds is 5. The number of amides is 4. The van der Waals surface area contributed by atoms with Gasteiger partial charge in [0.15, 0.2) is 0 Å². The van der Waals surface area contributed by atoms with E-state index in [9.17, 15) is 19.2 Å². The maximum Gasteiger partial charge on any atom is 0.410 e. The number of ether oxygens (including phenoxy) is 2. The minimum Gasteiger partial charge on any atom is -0.444 e. The van der Waals surface area contributed by atoms with Crippen LogP contribution in [0.3, 0.4) is 0 Å². The Balaban J connectivity index is 1.73. The quantitative estimate of drug-likeness (QED) is 0.582. The number of carbonyl (C=O) groups excluding carboxylic acids is 4. The van der Waals surface area contributed by atoms with Gasteiger partial charge in [-0.05, 0) is 67.2 Å². The molecular weight excluding hydrogens is 440 g/mol. The second kappa shape index (κ2) is 11.8. The van der Waals surface area contributed by atoms with Gasteiger partial charge in [0.25, 0.3) is 0 Å². The van der Waals surface area contributed by atoms with Crippen LogP contribution in [0, 0.1) is 11.8 Å². The fourth-order valence-corrected chi connectivity index (χ4v) is 4.09. The first-order valence-corrected chi connectivity index (χ1v) is 12.3. The minimum atomic E-state index is -0.572. The molecule has 10 heteroatoms. The number of hydrogen-bond donors (Lipinski definition) is 2. The van der Waals surface area contributed by atoms with Gasteiger partial charge in [-0.25, -0.2) is 9.59 Å². The second-order valence-electron chi connectivity index (χ2n) is 11.1. The molecule has 0 saturated carbocycles. The average molecular weight is 483 g/mol. The highest BCUT2D eigenvalue weighted by atomic mass is 16.6. The minimum absolute atomic E-state index is 0.0629. The van der Waals surface area contributed by atoms with Gasteiger partial charge in [0.1, 0.15) is 11.2 Å². The molecule has 0 spiro atoms. The van der Waals surface area contributed by atoms with Gasteiger partial charge < -0.3 is 29.9 Å². The Morgan fingerprint density at radius 1 is 0.765 bits per heavy atom. The Morgan fingerprint density at radius 3 is 1.94 bits per heavy atom. The zero-order chi connectivity index (χ0) is 25.5. The molecule has 2 fully saturated rings. The number of hydrogen-bond acceptors (Lipinski definition) is 6. The third kappa shape index (κ3) is 9.38. The molecule has 0 aromatic carbocycles. The molecule has 1 atom stereocenters. The van der Waals surface area contributed by atoms with Gasteiger partial charge in [0.2, 0.25) is 11.8 Å². The van der Waals surface area contributed by atoms with E-state index in [0.717, 1.165) is 12.8 Å². The number of nitrogens with zero attached hydrogens (tertiary/aromatic N) is 2. The number of carbonyl (C=O) groups is 4. The van der Waals surface area contributed by atoms with Crippen molar-refractivity contribution in [1.82, 2.24) is 20.4 Å². The zero-order valence-electron chi connectivity index (χ0n) is 21.6. The number of alkyl carbamates (subject to hydrolysis) is 1. The predicted octanol–water partition coefficient (Wildman–Crippen LogP) is 2.51. The van der Waals surface area contributed by atoms with E-state index in [-0.39, 0.29) is 36.3 Å². The molecule has 0 aromatic rings. The summed E-state index contributed by atoms with van der Waals surface area (Å²) >= 11 is 0. The standard InChI is InChI=1S/C24H42N4O6/c1-23(2,3)33-21(31)26-12-11-25-19(29)18-8-7-13-28(16-18)20(30)17-9-14-27(15-10-17)22(32)34-24(4,5)6/h17-18H,7-16H2,1-6H3,(H,25,29)(H,26,31). The van der Waals surface area contributed by atoms with E-state index in [0.29, 0.717) is 45.6 Å². The van der Waals surface area contributed by atoms with E-state index in [1.165, 1.54) is 0 Å². The Morgan fingerprint density at radius 2 is 1.35 bits per heavy atom. The van der Waals surface area contributed by atoms with E-state index < -0.39 is 17.3 Å². The van der Waals surface area contributed by atoms with Crippen LogP contribution < -0.4 is 10.6 Å². The van der Waals surface area contributed by atoms with Crippen LogP contribution in [0.1, 0.15) is 67.2 Å². The van der Waals surface area contributed by atoms with Crippen molar-refractivity contribution < 1.29 is 28.7 Å². The molecule has 2 N–H and O–H groups in total. The first-order chi connectivity index (χ1) is 15.7. The van der Waals surface area contributed by atoms with Crippen molar-refractivity contribution in [3.05, 3.63) is 0 Å². The van der Waals surface area contributed by atoms with Gasteiger partial charge >= 0.3 is 12.2 Å². The van der Waals surface area contributed by atoms with Crippen molar-refractivity contribution in [2.45, 2.75) is 78.4 Å². The van der Waals surface area contributed by atoms with Crippen molar-refractivity contribution in [3.63, 3.8) is 0 Å². The SMILES string of the molecule is CC(C)(C)OC(=O)NCCNC(=O)C1CCCN(C(=O)C2CCN(C(=O)OC(C)(C)C)CC2)C1. The summed E-state index contributed by atoms with van der Waals surface area (Å²) < 4.78 is 10.6. The Hall–Kier alpha value is -2.52. The Kier molecular flexibility index (Phi) is 9.58. The molecule has 0 aliphatic carbocycles. The van der Waals surface area contributed by atoms with Crippen LogP contribution >= 0.6 is 0 Å². The van der Waals surface area contributed by atoms with Gasteiger partial charge in [0.05, 0.1) is 5.92 Å². The molecule has 2 aliphatic rings. The van der Waals surface area contributed by atoms with Gasteiger partial charge in [-0.2, -0.15) is 0 Å². The summed E-state index contributed by atoms with van der Waals surface area (Å²) in [7, 11) is 0. The Bertz CT molecular complexity index is 735. The van der Waals surface area contributed by atoms with Crippen molar-refractivity contribution in [1.29, 1.82) is 0 Å². The lowest BCUT2D eigenvalue weighted by molar-refractivity contribution is -0.140. The molecule has 0 aromatic heterocycles. The molecular formula is C24H42N4O6. The normalized spacial score (nSPS) is 19.9. The highest BCUT2D eigenvalue weighted by Gasteiger charge is 2.35. The molecule has 2 saturated heterocycles. The molecule has 1 unspecified atom stereocenters. The third-order valence-electron chi connectivity index (χ3n) is 5.69. The van der Waals surface area contributed by atoms with E-state index in [2.05, 4.69) is 10.6 Å². The Labute approximate surface area is 203 Å². The van der Waals surface area contributed by atoms with Crippen molar-refractivity contribution in [2.75, 3.05) is 39.3 Å². The fraction of sp³-hybridized carbons (Fsp3) is 0.833. The van der Waals surface area contributed by atoms with Crippen molar-refractivity contribution >= 4 is 24.0 Å². The highest BCUT2D eigenvalue weighted by Crippen LogP contribution is 2.25. The van der Waals surface area contributed by atoms with Gasteiger partial charge in [-0.3, -0.25) is 9.59 Å². The van der Waals surface area contributed by atoms with Crippen LogP contribution in [-0.4, -0.2) is 84.3 Å². The largest absolute Gasteiger partial charge is 0.444 e. The van der Waals surface area contributed by atoms with Crippen molar-refractivity contribution in [3.8, 4) is 0 Å². The van der Waals surface area contributed by atoms with E-state index in [1.54, 1.807) is 30.6 Å². The first kappa shape index (κ1) is 27.7. The molecule has 34 heavy (non-hydrogen) atoms. The monoisotopic (exact) mass is 482 g/mol. The summed E-state index contributed by atoms with van der Waals surface area (Å²) in [5.74, 6) is -0.448. The average Bonchev–Trinajstić information content (AvgIpc) is 2.74. The maximum absolute atomic E-state index is 13.1.